The number of carbonyl (C=O) groups is 1. The van der Waals surface area contributed by atoms with Gasteiger partial charge in [0, 0.05) is 19.6 Å². The van der Waals surface area contributed by atoms with Crippen LogP contribution >= 0.6 is 0 Å². The zero-order valence-electron chi connectivity index (χ0n) is 15.5. The first-order valence-electron chi connectivity index (χ1n) is 9.00. The predicted octanol–water partition coefficient (Wildman–Crippen LogP) is 1.43. The van der Waals surface area contributed by atoms with Crippen LogP contribution < -0.4 is 5.32 Å². The Morgan fingerprint density at radius 2 is 1.73 bits per heavy atom. The number of nitrogens with zero attached hydrogens (tertiary/aromatic N) is 2. The van der Waals surface area contributed by atoms with Crippen molar-refractivity contribution in [2.45, 2.75) is 37.9 Å². The van der Waals surface area contributed by atoms with Crippen molar-refractivity contribution in [2.75, 3.05) is 32.7 Å². The summed E-state index contributed by atoms with van der Waals surface area (Å²) in [6, 6.07) is 6.78. The molecule has 144 valence electrons. The van der Waals surface area contributed by atoms with Gasteiger partial charge in [-0.1, -0.05) is 31.5 Å². The summed E-state index contributed by atoms with van der Waals surface area (Å²) in [4.78, 5) is 14.3. The maximum absolute atomic E-state index is 12.9. The number of urea groups is 1. The summed E-state index contributed by atoms with van der Waals surface area (Å²) >= 11 is 0. The quantitative estimate of drug-likeness (QED) is 0.856. The van der Waals surface area contributed by atoms with E-state index in [-0.39, 0.29) is 31.3 Å². The SMILES string of the molecule is Cc1ccc(S(=O)(=O)N2C[C@H]3CN(C(=O)NCC(C)C)C[C@@H](C2)O3)cc1. The van der Waals surface area contributed by atoms with Crippen LogP contribution in [0.2, 0.25) is 0 Å². The molecule has 7 nitrogen and oxygen atoms in total. The van der Waals surface area contributed by atoms with E-state index in [4.69, 9.17) is 4.74 Å². The van der Waals surface area contributed by atoms with Crippen LogP contribution in [0.25, 0.3) is 0 Å². The molecule has 0 aromatic heterocycles. The molecule has 0 saturated carbocycles. The number of fused-ring (bicyclic) bond motifs is 2. The first-order valence-corrected chi connectivity index (χ1v) is 10.4. The summed E-state index contributed by atoms with van der Waals surface area (Å²) < 4.78 is 33.2. The Hall–Kier alpha value is -1.64. The smallest absolute Gasteiger partial charge is 0.317 e. The molecule has 1 N–H and O–H groups in total. The van der Waals surface area contributed by atoms with E-state index in [0.29, 0.717) is 30.4 Å². The molecule has 2 bridgehead atoms. The van der Waals surface area contributed by atoms with Crippen molar-refractivity contribution >= 4 is 16.1 Å². The number of sulfonamides is 1. The van der Waals surface area contributed by atoms with Crippen LogP contribution in [-0.4, -0.2) is 68.6 Å². The minimum atomic E-state index is -3.55. The van der Waals surface area contributed by atoms with Crippen LogP contribution in [0, 0.1) is 12.8 Å². The molecule has 2 heterocycles. The lowest BCUT2D eigenvalue weighted by Gasteiger charge is -2.45. The lowest BCUT2D eigenvalue weighted by molar-refractivity contribution is -0.111. The number of hydrogen-bond donors (Lipinski definition) is 1. The molecule has 0 radical (unpaired) electrons. The molecule has 1 aromatic carbocycles. The highest BCUT2D eigenvalue weighted by atomic mass is 32.2. The Kier molecular flexibility index (Phi) is 5.55. The fraction of sp³-hybridized carbons (Fsp3) is 0.611. The Bertz CT molecular complexity index is 734. The van der Waals surface area contributed by atoms with Crippen LogP contribution in [0.1, 0.15) is 19.4 Å². The molecule has 2 aliphatic heterocycles. The van der Waals surface area contributed by atoms with Crippen LogP contribution in [-0.2, 0) is 14.8 Å². The summed E-state index contributed by atoms with van der Waals surface area (Å²) in [6.07, 6.45) is -0.597. The van der Waals surface area contributed by atoms with Crippen LogP contribution in [0.4, 0.5) is 4.79 Å². The number of nitrogens with one attached hydrogen (secondary N) is 1. The average molecular weight is 381 g/mol. The number of ether oxygens (including phenoxy) is 1. The molecule has 2 amide bonds. The molecule has 0 aliphatic carbocycles. The van der Waals surface area contributed by atoms with Gasteiger partial charge in [0.1, 0.15) is 0 Å². The average Bonchev–Trinajstić information content (AvgIpc) is 2.59. The highest BCUT2D eigenvalue weighted by molar-refractivity contribution is 7.89. The molecule has 2 fully saturated rings. The van der Waals surface area contributed by atoms with Crippen molar-refractivity contribution in [1.82, 2.24) is 14.5 Å². The monoisotopic (exact) mass is 381 g/mol. The zero-order valence-corrected chi connectivity index (χ0v) is 16.3. The topological polar surface area (TPSA) is 79.0 Å². The molecule has 2 atom stereocenters. The van der Waals surface area contributed by atoms with Gasteiger partial charge in [-0.2, -0.15) is 4.31 Å². The second kappa shape index (κ2) is 7.54. The lowest BCUT2D eigenvalue weighted by atomic mass is 10.1. The van der Waals surface area contributed by atoms with Crippen LogP contribution in [0.3, 0.4) is 0 Å². The van der Waals surface area contributed by atoms with Crippen molar-refractivity contribution in [3.05, 3.63) is 29.8 Å². The van der Waals surface area contributed by atoms with Crippen molar-refractivity contribution < 1.29 is 17.9 Å². The number of amides is 2. The lowest BCUT2D eigenvalue weighted by Crippen LogP contribution is -2.62. The van der Waals surface area contributed by atoms with Crippen molar-refractivity contribution in [3.8, 4) is 0 Å². The van der Waals surface area contributed by atoms with E-state index in [1.165, 1.54) is 4.31 Å². The normalized spacial score (nSPS) is 23.9. The van der Waals surface area contributed by atoms with E-state index in [9.17, 15) is 13.2 Å². The fourth-order valence-corrected chi connectivity index (χ4v) is 4.78. The number of carbonyl (C=O) groups excluding carboxylic acids is 1. The molecule has 26 heavy (non-hydrogen) atoms. The standard InChI is InChI=1S/C18H27N3O4S/c1-13(2)8-19-18(22)20-9-15-11-21(12-16(10-20)25-15)26(23,24)17-6-4-14(3)5-7-17/h4-7,13,15-16H,8-12H2,1-3H3,(H,19,22)/t15-,16+. The first-order chi connectivity index (χ1) is 12.3. The molecule has 0 unspecified atom stereocenters. The van der Waals surface area contributed by atoms with Gasteiger partial charge in [0.15, 0.2) is 0 Å². The molecular formula is C18H27N3O4S. The highest BCUT2D eigenvalue weighted by Gasteiger charge is 2.41. The Balaban J connectivity index is 1.66. The van der Waals surface area contributed by atoms with Crippen molar-refractivity contribution in [2.24, 2.45) is 5.92 Å². The summed E-state index contributed by atoms with van der Waals surface area (Å²) in [5, 5.41) is 2.91. The molecule has 2 saturated heterocycles. The third-order valence-electron chi connectivity index (χ3n) is 4.65. The summed E-state index contributed by atoms with van der Waals surface area (Å²) in [6.45, 7) is 7.97. The van der Waals surface area contributed by atoms with E-state index in [2.05, 4.69) is 5.32 Å². The van der Waals surface area contributed by atoms with E-state index >= 15 is 0 Å². The van der Waals surface area contributed by atoms with Crippen molar-refractivity contribution in [3.63, 3.8) is 0 Å². The number of aryl methyl sites for hydroxylation is 1. The van der Waals surface area contributed by atoms with E-state index in [1.54, 1.807) is 29.2 Å². The number of rotatable bonds is 4. The first kappa shape index (κ1) is 19.1. The molecule has 1 aromatic rings. The van der Waals surface area contributed by atoms with Gasteiger partial charge in [-0.3, -0.25) is 0 Å². The van der Waals surface area contributed by atoms with Gasteiger partial charge in [0.2, 0.25) is 10.0 Å². The minimum Gasteiger partial charge on any atom is -0.369 e. The maximum atomic E-state index is 12.9. The van der Waals surface area contributed by atoms with Gasteiger partial charge in [-0.25, -0.2) is 13.2 Å². The third-order valence-corrected chi connectivity index (χ3v) is 6.50. The van der Waals surface area contributed by atoms with E-state index < -0.39 is 10.0 Å². The minimum absolute atomic E-state index is 0.105. The Morgan fingerprint density at radius 3 is 2.27 bits per heavy atom. The number of morpholine rings is 2. The summed E-state index contributed by atoms with van der Waals surface area (Å²) in [5.41, 5.74) is 1.02. The third kappa shape index (κ3) is 4.19. The van der Waals surface area contributed by atoms with Crippen molar-refractivity contribution in [1.29, 1.82) is 0 Å². The summed E-state index contributed by atoms with van der Waals surface area (Å²) in [7, 11) is -3.55. The number of hydrogen-bond acceptors (Lipinski definition) is 4. The van der Waals surface area contributed by atoms with Gasteiger partial charge in [0.25, 0.3) is 0 Å². The maximum Gasteiger partial charge on any atom is 0.317 e. The van der Waals surface area contributed by atoms with Gasteiger partial charge >= 0.3 is 6.03 Å². The Morgan fingerprint density at radius 1 is 1.15 bits per heavy atom. The Labute approximate surface area is 155 Å². The van der Waals surface area contributed by atoms with Gasteiger partial charge < -0.3 is 15.0 Å². The molecule has 0 spiro atoms. The highest BCUT2D eigenvalue weighted by Crippen LogP contribution is 2.25. The van der Waals surface area contributed by atoms with Gasteiger partial charge in [0.05, 0.1) is 30.2 Å². The second-order valence-electron chi connectivity index (χ2n) is 7.50. The zero-order chi connectivity index (χ0) is 18.9. The predicted molar refractivity (Wildman–Crippen MR) is 98.4 cm³/mol. The van der Waals surface area contributed by atoms with Gasteiger partial charge in [-0.05, 0) is 25.0 Å². The molecule has 2 aliphatic rings. The van der Waals surface area contributed by atoms with Gasteiger partial charge in [-0.15, -0.1) is 0 Å². The molecule has 3 rings (SSSR count). The largest absolute Gasteiger partial charge is 0.369 e. The molecular weight excluding hydrogens is 354 g/mol. The van der Waals surface area contributed by atoms with Crippen LogP contribution in [0.15, 0.2) is 29.2 Å². The summed E-state index contributed by atoms with van der Waals surface area (Å²) in [5.74, 6) is 0.384. The van der Waals surface area contributed by atoms with Crippen LogP contribution in [0.5, 0.6) is 0 Å². The van der Waals surface area contributed by atoms with E-state index in [0.717, 1.165) is 5.56 Å². The molecule has 8 heteroatoms. The number of benzene rings is 1. The second-order valence-corrected chi connectivity index (χ2v) is 9.44. The van der Waals surface area contributed by atoms with E-state index in [1.807, 2.05) is 20.8 Å². The fourth-order valence-electron chi connectivity index (χ4n) is 3.28.